The second kappa shape index (κ2) is 16.6. The van der Waals surface area contributed by atoms with Gasteiger partial charge in [-0.15, -0.1) is 0 Å². The number of rotatable bonds is 16. The molecule has 4 aromatic carbocycles. The van der Waals surface area contributed by atoms with Crippen molar-refractivity contribution in [3.05, 3.63) is 120 Å². The van der Waals surface area contributed by atoms with Gasteiger partial charge in [-0.05, 0) is 42.3 Å². The number of ether oxygens (including phenoxy) is 2. The number of sulfonamides is 1. The van der Waals surface area contributed by atoms with E-state index in [1.165, 1.54) is 55.5 Å². The van der Waals surface area contributed by atoms with Crippen LogP contribution in [0.25, 0.3) is 0 Å². The smallest absolute Gasteiger partial charge is 0.264 e. The molecule has 0 saturated carbocycles. The van der Waals surface area contributed by atoms with Gasteiger partial charge in [0.05, 0.1) is 24.8 Å². The van der Waals surface area contributed by atoms with E-state index in [1.807, 2.05) is 37.3 Å². The third-order valence-electron chi connectivity index (χ3n) is 7.66. The molecule has 0 aliphatic rings. The number of amides is 2. The third kappa shape index (κ3) is 8.88. The van der Waals surface area contributed by atoms with Crippen LogP contribution in [0.2, 0.25) is 0 Å². The minimum absolute atomic E-state index is 0.0573. The van der Waals surface area contributed by atoms with E-state index in [-0.39, 0.29) is 34.9 Å². The lowest BCUT2D eigenvalue weighted by atomic mass is 10.0. The number of nitrogens with zero attached hydrogens (tertiary/aromatic N) is 2. The monoisotopic (exact) mass is 661 g/mol. The fourth-order valence-corrected chi connectivity index (χ4v) is 6.53. The molecule has 4 aromatic rings. The van der Waals surface area contributed by atoms with Gasteiger partial charge in [0.1, 0.15) is 29.9 Å². The molecule has 1 atom stereocenters. The highest BCUT2D eigenvalue weighted by atomic mass is 32.2. The molecule has 9 nitrogen and oxygen atoms in total. The summed E-state index contributed by atoms with van der Waals surface area (Å²) in [4.78, 5) is 29.6. The Morgan fingerprint density at radius 3 is 2.17 bits per heavy atom. The molecule has 11 heteroatoms. The van der Waals surface area contributed by atoms with Gasteiger partial charge in [0.2, 0.25) is 11.8 Å². The Morgan fingerprint density at radius 1 is 0.872 bits per heavy atom. The van der Waals surface area contributed by atoms with E-state index in [2.05, 4.69) is 5.32 Å². The lowest BCUT2D eigenvalue weighted by molar-refractivity contribution is -0.140. The van der Waals surface area contributed by atoms with Crippen LogP contribution in [-0.4, -0.2) is 58.5 Å². The third-order valence-corrected chi connectivity index (χ3v) is 9.44. The van der Waals surface area contributed by atoms with Crippen molar-refractivity contribution in [2.75, 3.05) is 31.6 Å². The number of benzene rings is 4. The first-order valence-electron chi connectivity index (χ1n) is 15.3. The van der Waals surface area contributed by atoms with E-state index in [9.17, 15) is 18.0 Å². The summed E-state index contributed by atoms with van der Waals surface area (Å²) in [7, 11) is -1.54. The molecular formula is C36H40FN3O6S. The molecule has 1 N–H and O–H groups in total. The quantitative estimate of drug-likeness (QED) is 0.157. The molecule has 248 valence electrons. The summed E-state index contributed by atoms with van der Waals surface area (Å²) in [5, 5.41) is 2.92. The lowest BCUT2D eigenvalue weighted by Gasteiger charge is -2.34. The number of hydrogen-bond donors (Lipinski definition) is 1. The van der Waals surface area contributed by atoms with Crippen LogP contribution < -0.4 is 19.1 Å². The Labute approximate surface area is 276 Å². The number of methoxy groups -OCH3 is 2. The first kappa shape index (κ1) is 35.0. The standard InChI is InChI=1S/C36H40FN3O6S/c1-4-5-22-38-36(42)33(23-27-14-8-6-9-15-27)39(25-28-16-12-13-19-31(28)37)35(41)26-40(47(43,44)30-17-10-7-11-18-30)32-24-29(45-2)20-21-34(32)46-3/h6-21,24,33H,4-5,22-23,25-26H2,1-3H3,(H,38,42)/t33-/m1/s1. The lowest BCUT2D eigenvalue weighted by Crippen LogP contribution is -2.53. The summed E-state index contributed by atoms with van der Waals surface area (Å²) in [6.45, 7) is 1.38. The summed E-state index contributed by atoms with van der Waals surface area (Å²) in [6.07, 6.45) is 1.69. The van der Waals surface area contributed by atoms with Crippen LogP contribution in [0.4, 0.5) is 10.1 Å². The largest absolute Gasteiger partial charge is 0.497 e. The minimum Gasteiger partial charge on any atom is -0.497 e. The molecule has 0 radical (unpaired) electrons. The molecule has 0 heterocycles. The average Bonchev–Trinajstić information content (AvgIpc) is 3.09. The summed E-state index contributed by atoms with van der Waals surface area (Å²) < 4.78 is 55.5. The second-order valence-corrected chi connectivity index (χ2v) is 12.7. The number of carbonyl (C=O) groups is 2. The van der Waals surface area contributed by atoms with Gasteiger partial charge in [-0.2, -0.15) is 0 Å². The van der Waals surface area contributed by atoms with Crippen molar-refractivity contribution in [3.8, 4) is 11.5 Å². The molecular weight excluding hydrogens is 621 g/mol. The molecule has 2 amide bonds. The van der Waals surface area contributed by atoms with Gasteiger partial charge in [-0.25, -0.2) is 12.8 Å². The van der Waals surface area contributed by atoms with Crippen molar-refractivity contribution in [1.29, 1.82) is 0 Å². The van der Waals surface area contributed by atoms with Crippen LogP contribution >= 0.6 is 0 Å². The van der Waals surface area contributed by atoms with Gasteiger partial charge in [0.15, 0.2) is 0 Å². The average molecular weight is 662 g/mol. The summed E-state index contributed by atoms with van der Waals surface area (Å²) >= 11 is 0. The number of carbonyl (C=O) groups excluding carboxylic acids is 2. The number of halogens is 1. The molecule has 0 fully saturated rings. The number of anilines is 1. The van der Waals surface area contributed by atoms with E-state index in [1.54, 1.807) is 36.4 Å². The van der Waals surface area contributed by atoms with Crippen molar-refractivity contribution in [2.24, 2.45) is 0 Å². The van der Waals surface area contributed by atoms with Crippen molar-refractivity contribution in [2.45, 2.75) is 43.7 Å². The van der Waals surface area contributed by atoms with E-state index in [0.29, 0.717) is 12.3 Å². The van der Waals surface area contributed by atoms with Crippen LogP contribution in [0.15, 0.2) is 108 Å². The van der Waals surface area contributed by atoms with Crippen LogP contribution in [-0.2, 0) is 32.6 Å². The van der Waals surface area contributed by atoms with E-state index in [4.69, 9.17) is 9.47 Å². The molecule has 0 aliphatic heterocycles. The molecule has 0 aromatic heterocycles. The van der Waals surface area contributed by atoms with Crippen LogP contribution in [0.3, 0.4) is 0 Å². The van der Waals surface area contributed by atoms with E-state index < -0.39 is 40.2 Å². The Morgan fingerprint density at radius 2 is 1.53 bits per heavy atom. The van der Waals surface area contributed by atoms with Crippen molar-refractivity contribution in [3.63, 3.8) is 0 Å². The van der Waals surface area contributed by atoms with Gasteiger partial charge in [0, 0.05) is 31.1 Å². The molecule has 0 aliphatic carbocycles. The van der Waals surface area contributed by atoms with Crippen LogP contribution in [0.1, 0.15) is 30.9 Å². The summed E-state index contributed by atoms with van der Waals surface area (Å²) in [5.41, 5.74) is 1.01. The zero-order chi connectivity index (χ0) is 33.8. The fraction of sp³-hybridized carbons (Fsp3) is 0.278. The van der Waals surface area contributed by atoms with Gasteiger partial charge in [0.25, 0.3) is 10.0 Å². The van der Waals surface area contributed by atoms with Gasteiger partial charge in [-0.1, -0.05) is 80.1 Å². The Hall–Kier alpha value is -4.90. The van der Waals surface area contributed by atoms with Gasteiger partial charge >= 0.3 is 0 Å². The Bertz CT molecular complexity index is 1740. The number of nitrogens with one attached hydrogen (secondary N) is 1. The maximum absolute atomic E-state index is 15.1. The Kier molecular flexibility index (Phi) is 12.3. The van der Waals surface area contributed by atoms with E-state index in [0.717, 1.165) is 22.7 Å². The highest BCUT2D eigenvalue weighted by Gasteiger charge is 2.36. The molecule has 0 bridgehead atoms. The van der Waals surface area contributed by atoms with Crippen molar-refractivity contribution in [1.82, 2.24) is 10.2 Å². The molecule has 47 heavy (non-hydrogen) atoms. The Balaban J connectivity index is 1.85. The van der Waals surface area contributed by atoms with Crippen LogP contribution in [0, 0.1) is 5.82 Å². The normalized spacial score (nSPS) is 11.7. The topological polar surface area (TPSA) is 105 Å². The first-order valence-corrected chi connectivity index (χ1v) is 16.8. The maximum Gasteiger partial charge on any atom is 0.264 e. The zero-order valence-corrected chi connectivity index (χ0v) is 27.6. The highest BCUT2D eigenvalue weighted by molar-refractivity contribution is 7.92. The predicted octanol–water partition coefficient (Wildman–Crippen LogP) is 5.59. The molecule has 0 saturated heterocycles. The van der Waals surface area contributed by atoms with Crippen molar-refractivity contribution < 1.29 is 31.9 Å². The van der Waals surface area contributed by atoms with Gasteiger partial charge < -0.3 is 19.7 Å². The molecule has 4 rings (SSSR count). The van der Waals surface area contributed by atoms with Crippen LogP contribution in [0.5, 0.6) is 11.5 Å². The van der Waals surface area contributed by atoms with Crippen molar-refractivity contribution >= 4 is 27.5 Å². The SMILES string of the molecule is CCCCNC(=O)[C@@H](Cc1ccccc1)N(Cc1ccccc1F)C(=O)CN(c1cc(OC)ccc1OC)S(=O)(=O)c1ccccc1. The zero-order valence-electron chi connectivity index (χ0n) is 26.8. The number of unbranched alkanes of at least 4 members (excludes halogenated alkanes) is 1. The fourth-order valence-electron chi connectivity index (χ4n) is 5.09. The highest BCUT2D eigenvalue weighted by Crippen LogP contribution is 2.36. The summed E-state index contributed by atoms with van der Waals surface area (Å²) in [5.74, 6) is -1.19. The second-order valence-electron chi connectivity index (χ2n) is 10.8. The van der Waals surface area contributed by atoms with E-state index >= 15 is 4.39 Å². The number of hydrogen-bond acceptors (Lipinski definition) is 6. The summed E-state index contributed by atoms with van der Waals surface area (Å²) in [6, 6.07) is 26.4. The molecule has 0 spiro atoms. The predicted molar refractivity (Wildman–Crippen MR) is 179 cm³/mol. The molecule has 0 unspecified atom stereocenters. The minimum atomic E-state index is -4.37. The maximum atomic E-state index is 15.1. The first-order chi connectivity index (χ1) is 22.7. The van der Waals surface area contributed by atoms with Gasteiger partial charge in [-0.3, -0.25) is 13.9 Å².